The Morgan fingerprint density at radius 2 is 1.72 bits per heavy atom. The quantitative estimate of drug-likeness (QED) is 0.800. The van der Waals surface area contributed by atoms with E-state index in [1.807, 2.05) is 37.3 Å². The van der Waals surface area contributed by atoms with Crippen molar-refractivity contribution in [3.05, 3.63) is 65.2 Å². The van der Waals surface area contributed by atoms with Gasteiger partial charge in [0.2, 0.25) is 15.9 Å². The number of carbonyl (C=O) groups is 1. The highest BCUT2D eigenvalue weighted by Crippen LogP contribution is 2.27. The summed E-state index contributed by atoms with van der Waals surface area (Å²) in [5, 5.41) is 3.20. The molecule has 0 bridgehead atoms. The van der Waals surface area contributed by atoms with Crippen LogP contribution in [0, 0.1) is 0 Å². The summed E-state index contributed by atoms with van der Waals surface area (Å²) in [5.41, 5.74) is 1.36. The third kappa shape index (κ3) is 5.47. The molecule has 0 spiro atoms. The number of hydrogen-bond acceptors (Lipinski definition) is 3. The van der Waals surface area contributed by atoms with E-state index < -0.39 is 10.0 Å². The average Bonchev–Trinajstić information content (AvgIpc) is 2.56. The van der Waals surface area contributed by atoms with Crippen LogP contribution in [0.25, 0.3) is 0 Å². The lowest BCUT2D eigenvalue weighted by Crippen LogP contribution is -2.35. The third-order valence-electron chi connectivity index (χ3n) is 3.74. The molecule has 0 saturated heterocycles. The van der Waals surface area contributed by atoms with Gasteiger partial charge in [0.25, 0.3) is 0 Å². The minimum atomic E-state index is -3.55. The molecule has 1 N–H and O–H groups in total. The Balaban J connectivity index is 2.04. The second-order valence-corrected chi connectivity index (χ2v) is 8.05. The average molecular weight is 381 g/mol. The van der Waals surface area contributed by atoms with Crippen molar-refractivity contribution >= 4 is 33.2 Å². The monoisotopic (exact) mass is 380 g/mol. The van der Waals surface area contributed by atoms with Gasteiger partial charge in [-0.1, -0.05) is 54.1 Å². The van der Waals surface area contributed by atoms with E-state index in [-0.39, 0.29) is 24.9 Å². The largest absolute Gasteiger partial charge is 0.350 e. The normalized spacial score (nSPS) is 12.4. The summed E-state index contributed by atoms with van der Waals surface area (Å²) in [6, 6.07) is 16.1. The Morgan fingerprint density at radius 3 is 2.32 bits per heavy atom. The first-order valence-corrected chi connectivity index (χ1v) is 10.1. The van der Waals surface area contributed by atoms with Gasteiger partial charge >= 0.3 is 0 Å². The Labute approximate surface area is 153 Å². The smallest absolute Gasteiger partial charge is 0.232 e. The van der Waals surface area contributed by atoms with E-state index in [1.54, 1.807) is 24.3 Å². The van der Waals surface area contributed by atoms with Crippen LogP contribution < -0.4 is 9.62 Å². The van der Waals surface area contributed by atoms with Gasteiger partial charge < -0.3 is 5.32 Å². The second kappa shape index (κ2) is 8.36. The predicted molar refractivity (Wildman–Crippen MR) is 101 cm³/mol. The van der Waals surface area contributed by atoms with E-state index in [0.717, 1.165) is 16.1 Å². The lowest BCUT2D eigenvalue weighted by atomic mass is 10.1. The van der Waals surface area contributed by atoms with Crippen molar-refractivity contribution < 1.29 is 13.2 Å². The van der Waals surface area contributed by atoms with Crippen molar-refractivity contribution in [2.24, 2.45) is 0 Å². The van der Waals surface area contributed by atoms with Crippen LogP contribution >= 0.6 is 11.6 Å². The first kappa shape index (κ1) is 19.3. The number of sulfonamides is 1. The molecule has 0 aliphatic heterocycles. The molecule has 0 aliphatic carbocycles. The molecule has 0 aliphatic rings. The zero-order valence-corrected chi connectivity index (χ0v) is 15.7. The number of nitrogens with one attached hydrogen (secondary N) is 1. The minimum absolute atomic E-state index is 0.0237. The maximum atomic E-state index is 12.2. The van der Waals surface area contributed by atoms with E-state index in [1.165, 1.54) is 0 Å². The fraction of sp³-hybridized carbons (Fsp3) is 0.278. The lowest BCUT2D eigenvalue weighted by Gasteiger charge is -2.23. The molecule has 1 unspecified atom stereocenters. The molecule has 0 radical (unpaired) electrons. The standard InChI is InChI=1S/C18H21ClN2O3S/c1-14(15-8-4-3-5-9-15)20-18(22)12-13-21(25(2,23)24)17-11-7-6-10-16(17)19/h3-11,14H,12-13H2,1-2H3,(H,20,22). The number of amides is 1. The molecular formula is C18H21ClN2O3S. The van der Waals surface area contributed by atoms with Crippen LogP contribution in [0.2, 0.25) is 5.02 Å². The summed E-state index contributed by atoms with van der Waals surface area (Å²) in [4.78, 5) is 12.2. The molecule has 1 atom stereocenters. The summed E-state index contributed by atoms with van der Waals surface area (Å²) in [5.74, 6) is -0.225. The van der Waals surface area contributed by atoms with Gasteiger partial charge in [0.05, 0.1) is 23.0 Å². The van der Waals surface area contributed by atoms with Crippen molar-refractivity contribution in [2.75, 3.05) is 17.1 Å². The van der Waals surface area contributed by atoms with Crippen molar-refractivity contribution in [1.82, 2.24) is 5.32 Å². The van der Waals surface area contributed by atoms with E-state index >= 15 is 0 Å². The number of rotatable bonds is 7. The van der Waals surface area contributed by atoms with Crippen molar-refractivity contribution in [3.8, 4) is 0 Å². The second-order valence-electron chi connectivity index (χ2n) is 5.74. The molecule has 0 heterocycles. The van der Waals surface area contributed by atoms with Crippen LogP contribution in [0.4, 0.5) is 5.69 Å². The molecule has 2 aromatic carbocycles. The van der Waals surface area contributed by atoms with E-state index in [4.69, 9.17) is 11.6 Å². The summed E-state index contributed by atoms with van der Waals surface area (Å²) < 4.78 is 25.3. The Morgan fingerprint density at radius 1 is 1.12 bits per heavy atom. The Hall–Kier alpha value is -2.05. The number of benzene rings is 2. The maximum Gasteiger partial charge on any atom is 0.232 e. The molecular weight excluding hydrogens is 360 g/mol. The number of para-hydroxylation sites is 1. The summed E-state index contributed by atoms with van der Waals surface area (Å²) in [7, 11) is -3.55. The van der Waals surface area contributed by atoms with Crippen LogP contribution in [0.15, 0.2) is 54.6 Å². The lowest BCUT2D eigenvalue weighted by molar-refractivity contribution is -0.121. The predicted octanol–water partition coefficient (Wildman–Crippen LogP) is 3.37. The zero-order valence-electron chi connectivity index (χ0n) is 14.1. The van der Waals surface area contributed by atoms with Gasteiger partial charge in [-0.3, -0.25) is 9.10 Å². The topological polar surface area (TPSA) is 66.5 Å². The van der Waals surface area contributed by atoms with E-state index in [9.17, 15) is 13.2 Å². The SMILES string of the molecule is CC(NC(=O)CCN(c1ccccc1Cl)S(C)(=O)=O)c1ccccc1. The summed E-state index contributed by atoms with van der Waals surface area (Å²) in [6.07, 6.45) is 1.14. The van der Waals surface area contributed by atoms with Gasteiger partial charge in [0.15, 0.2) is 0 Å². The van der Waals surface area contributed by atoms with Crippen molar-refractivity contribution in [3.63, 3.8) is 0 Å². The molecule has 5 nitrogen and oxygen atoms in total. The highest BCUT2D eigenvalue weighted by atomic mass is 35.5. The maximum absolute atomic E-state index is 12.2. The van der Waals surface area contributed by atoms with Gasteiger partial charge in [-0.05, 0) is 24.6 Å². The molecule has 134 valence electrons. The van der Waals surface area contributed by atoms with Crippen LogP contribution in [0.5, 0.6) is 0 Å². The van der Waals surface area contributed by atoms with Crippen molar-refractivity contribution in [2.45, 2.75) is 19.4 Å². The number of carbonyl (C=O) groups excluding carboxylic acids is 1. The number of hydrogen-bond donors (Lipinski definition) is 1. The molecule has 2 aromatic rings. The van der Waals surface area contributed by atoms with Gasteiger partial charge in [0, 0.05) is 13.0 Å². The molecule has 0 fully saturated rings. The Kier molecular flexibility index (Phi) is 6.45. The van der Waals surface area contributed by atoms with Gasteiger partial charge in [-0.2, -0.15) is 0 Å². The molecule has 25 heavy (non-hydrogen) atoms. The fourth-order valence-corrected chi connectivity index (χ4v) is 3.69. The number of halogens is 1. The molecule has 2 rings (SSSR count). The summed E-state index contributed by atoms with van der Waals surface area (Å²) >= 11 is 6.10. The molecule has 1 amide bonds. The van der Waals surface area contributed by atoms with E-state index in [0.29, 0.717) is 10.7 Å². The first-order valence-electron chi connectivity index (χ1n) is 7.85. The van der Waals surface area contributed by atoms with Crippen LogP contribution in [-0.2, 0) is 14.8 Å². The van der Waals surface area contributed by atoms with Crippen LogP contribution in [-0.4, -0.2) is 27.1 Å². The van der Waals surface area contributed by atoms with Crippen LogP contribution in [0.1, 0.15) is 24.9 Å². The number of anilines is 1. The summed E-state index contributed by atoms with van der Waals surface area (Å²) in [6.45, 7) is 1.91. The first-order chi connectivity index (χ1) is 11.8. The molecule has 0 aromatic heterocycles. The van der Waals surface area contributed by atoms with Gasteiger partial charge in [-0.25, -0.2) is 8.42 Å². The minimum Gasteiger partial charge on any atom is -0.350 e. The van der Waals surface area contributed by atoms with Crippen LogP contribution in [0.3, 0.4) is 0 Å². The van der Waals surface area contributed by atoms with E-state index in [2.05, 4.69) is 5.32 Å². The third-order valence-corrected chi connectivity index (χ3v) is 5.24. The van der Waals surface area contributed by atoms with Gasteiger partial charge in [0.1, 0.15) is 0 Å². The molecule has 7 heteroatoms. The highest BCUT2D eigenvalue weighted by Gasteiger charge is 2.21. The zero-order chi connectivity index (χ0) is 18.4. The number of nitrogens with zero attached hydrogens (tertiary/aromatic N) is 1. The fourth-order valence-electron chi connectivity index (χ4n) is 2.46. The Bertz CT molecular complexity index is 825. The van der Waals surface area contributed by atoms with Crippen molar-refractivity contribution in [1.29, 1.82) is 0 Å². The highest BCUT2D eigenvalue weighted by molar-refractivity contribution is 7.92. The molecule has 0 saturated carbocycles. The van der Waals surface area contributed by atoms with Gasteiger partial charge in [-0.15, -0.1) is 0 Å².